The van der Waals surface area contributed by atoms with Crippen molar-refractivity contribution in [3.05, 3.63) is 0 Å². The molecule has 0 bridgehead atoms. The normalized spacial score (nSPS) is 40.2. The predicted octanol–water partition coefficient (Wildman–Crippen LogP) is 3.98. The Hall–Kier alpha value is -0.0800. The largest absolute Gasteiger partial charge is 0.390 e. The second-order valence-corrected chi connectivity index (χ2v) is 8.51. The molecule has 0 heterocycles. The molecule has 2 aliphatic rings. The van der Waals surface area contributed by atoms with Gasteiger partial charge in [-0.3, -0.25) is 0 Å². The molecule has 20 heavy (non-hydrogen) atoms. The zero-order chi connectivity index (χ0) is 15.1. The molecule has 118 valence electrons. The highest BCUT2D eigenvalue weighted by Crippen LogP contribution is 2.52. The molecule has 0 saturated heterocycles. The first-order valence-electron chi connectivity index (χ1n) is 8.67. The molecule has 2 saturated carbocycles. The zero-order valence-corrected chi connectivity index (χ0v) is 14.4. The number of hydrogen-bond acceptors (Lipinski definition) is 2. The van der Waals surface area contributed by atoms with Crippen molar-refractivity contribution < 1.29 is 5.11 Å². The Morgan fingerprint density at radius 3 is 2.15 bits per heavy atom. The van der Waals surface area contributed by atoms with Crippen molar-refractivity contribution in [1.29, 1.82) is 0 Å². The fourth-order valence-electron chi connectivity index (χ4n) is 4.65. The predicted molar refractivity (Wildman–Crippen MR) is 85.7 cm³/mol. The average molecular weight is 281 g/mol. The fourth-order valence-corrected chi connectivity index (χ4v) is 4.65. The topological polar surface area (TPSA) is 32.3 Å². The summed E-state index contributed by atoms with van der Waals surface area (Å²) >= 11 is 0. The molecule has 2 heteroatoms. The Labute approximate surface area is 125 Å². The van der Waals surface area contributed by atoms with Gasteiger partial charge in [-0.05, 0) is 36.5 Å². The number of hydrogen-bond donors (Lipinski definition) is 2. The lowest BCUT2D eigenvalue weighted by Crippen LogP contribution is -2.60. The van der Waals surface area contributed by atoms with E-state index in [1.54, 1.807) is 0 Å². The van der Waals surface area contributed by atoms with E-state index in [-0.39, 0.29) is 0 Å². The van der Waals surface area contributed by atoms with Crippen molar-refractivity contribution in [3.8, 4) is 0 Å². The van der Waals surface area contributed by atoms with Gasteiger partial charge in [0.1, 0.15) is 0 Å². The first-order valence-corrected chi connectivity index (χ1v) is 8.67. The van der Waals surface area contributed by atoms with Crippen molar-refractivity contribution >= 4 is 0 Å². The fraction of sp³-hybridized carbons (Fsp3) is 1.00. The van der Waals surface area contributed by atoms with E-state index < -0.39 is 5.60 Å². The third-order valence-electron chi connectivity index (χ3n) is 6.71. The molecule has 0 aliphatic heterocycles. The van der Waals surface area contributed by atoms with Gasteiger partial charge in [-0.15, -0.1) is 0 Å². The lowest BCUT2D eigenvalue weighted by Gasteiger charge is -2.55. The highest BCUT2D eigenvalue weighted by Gasteiger charge is 2.52. The van der Waals surface area contributed by atoms with E-state index in [9.17, 15) is 5.11 Å². The smallest absolute Gasteiger partial charge is 0.0690 e. The number of aliphatic hydroxyl groups is 1. The minimum Gasteiger partial charge on any atom is -0.390 e. The summed E-state index contributed by atoms with van der Waals surface area (Å²) in [5.74, 6) is 1.70. The first kappa shape index (κ1) is 16.3. The molecule has 2 nitrogen and oxygen atoms in total. The Kier molecular flexibility index (Phi) is 4.57. The van der Waals surface area contributed by atoms with Gasteiger partial charge in [0.2, 0.25) is 0 Å². The second kappa shape index (κ2) is 5.61. The highest BCUT2D eigenvalue weighted by molar-refractivity contribution is 5.05. The van der Waals surface area contributed by atoms with Crippen LogP contribution >= 0.6 is 0 Å². The average Bonchev–Trinajstić information content (AvgIpc) is 2.78. The van der Waals surface area contributed by atoms with Crippen LogP contribution in [0.3, 0.4) is 0 Å². The minimum absolute atomic E-state index is 0.345. The summed E-state index contributed by atoms with van der Waals surface area (Å²) in [6.45, 7) is 14.0. The lowest BCUT2D eigenvalue weighted by atomic mass is 9.55. The summed E-state index contributed by atoms with van der Waals surface area (Å²) in [7, 11) is 0. The third kappa shape index (κ3) is 2.78. The van der Waals surface area contributed by atoms with Gasteiger partial charge < -0.3 is 10.4 Å². The first-order chi connectivity index (χ1) is 9.18. The molecule has 0 amide bonds. The van der Waals surface area contributed by atoms with Crippen LogP contribution in [-0.2, 0) is 0 Å². The van der Waals surface area contributed by atoms with Crippen LogP contribution in [0.2, 0.25) is 0 Å². The lowest BCUT2D eigenvalue weighted by molar-refractivity contribution is -0.0961. The van der Waals surface area contributed by atoms with E-state index >= 15 is 0 Å². The molecule has 0 aromatic rings. The molecular formula is C18H35NO. The summed E-state index contributed by atoms with van der Waals surface area (Å²) in [5.41, 5.74) is -0.0659. The van der Waals surface area contributed by atoms with Crippen LogP contribution < -0.4 is 5.32 Å². The summed E-state index contributed by atoms with van der Waals surface area (Å²) in [6.07, 6.45) is 5.58. The van der Waals surface area contributed by atoms with Crippen molar-refractivity contribution in [2.45, 2.75) is 91.3 Å². The van der Waals surface area contributed by atoms with E-state index in [0.29, 0.717) is 35.3 Å². The second-order valence-electron chi connectivity index (χ2n) is 8.51. The van der Waals surface area contributed by atoms with Crippen molar-refractivity contribution in [2.24, 2.45) is 23.2 Å². The summed E-state index contributed by atoms with van der Waals surface area (Å²) < 4.78 is 0. The van der Waals surface area contributed by atoms with Crippen LogP contribution in [-0.4, -0.2) is 22.8 Å². The van der Waals surface area contributed by atoms with Gasteiger partial charge in [0.05, 0.1) is 5.60 Å². The minimum atomic E-state index is -0.411. The van der Waals surface area contributed by atoms with Crippen molar-refractivity contribution in [1.82, 2.24) is 5.32 Å². The van der Waals surface area contributed by atoms with Crippen LogP contribution in [0.1, 0.15) is 73.6 Å². The van der Waals surface area contributed by atoms with E-state index in [0.717, 1.165) is 19.3 Å². The van der Waals surface area contributed by atoms with Crippen LogP contribution in [0.5, 0.6) is 0 Å². The molecule has 0 aromatic carbocycles. The van der Waals surface area contributed by atoms with Crippen molar-refractivity contribution in [2.75, 3.05) is 0 Å². The standard InChI is InChI=1S/C18H35NO/c1-12(2)19-16-14(4)17(5,6)13(3)11-15(16)18(20)9-7-8-10-18/h12-16,19-20H,7-11H2,1-6H3/t13-,14+,15+,16-/m1/s1. The van der Waals surface area contributed by atoms with Crippen LogP contribution in [0.15, 0.2) is 0 Å². The molecule has 0 radical (unpaired) electrons. The zero-order valence-electron chi connectivity index (χ0n) is 14.4. The molecular weight excluding hydrogens is 246 g/mol. The van der Waals surface area contributed by atoms with E-state index in [4.69, 9.17) is 0 Å². The Bertz CT molecular complexity index is 330. The molecule has 2 rings (SSSR count). The van der Waals surface area contributed by atoms with E-state index in [2.05, 4.69) is 46.9 Å². The van der Waals surface area contributed by atoms with Gasteiger partial charge in [-0.2, -0.15) is 0 Å². The van der Waals surface area contributed by atoms with Gasteiger partial charge >= 0.3 is 0 Å². The van der Waals surface area contributed by atoms with Crippen molar-refractivity contribution in [3.63, 3.8) is 0 Å². The van der Waals surface area contributed by atoms with E-state index in [1.165, 1.54) is 12.8 Å². The van der Waals surface area contributed by atoms with Gasteiger partial charge in [-0.25, -0.2) is 0 Å². The maximum atomic E-state index is 11.2. The van der Waals surface area contributed by atoms with Gasteiger partial charge in [-0.1, -0.05) is 54.4 Å². The SMILES string of the molecule is CC(C)N[C@H]1[C@@H](C2(O)CCCC2)C[C@@H](C)C(C)(C)[C@H]1C. The summed E-state index contributed by atoms with van der Waals surface area (Å²) in [5, 5.41) is 15.0. The third-order valence-corrected chi connectivity index (χ3v) is 6.71. The van der Waals surface area contributed by atoms with Gasteiger partial charge in [0.15, 0.2) is 0 Å². The molecule has 0 aromatic heterocycles. The van der Waals surface area contributed by atoms with Crippen LogP contribution in [0.25, 0.3) is 0 Å². The van der Waals surface area contributed by atoms with E-state index in [1.807, 2.05) is 0 Å². The monoisotopic (exact) mass is 281 g/mol. The van der Waals surface area contributed by atoms with Crippen LogP contribution in [0.4, 0.5) is 0 Å². The number of rotatable bonds is 3. The molecule has 0 unspecified atom stereocenters. The molecule has 4 atom stereocenters. The quantitative estimate of drug-likeness (QED) is 0.820. The molecule has 2 aliphatic carbocycles. The summed E-state index contributed by atoms with van der Waals surface area (Å²) in [6, 6.07) is 0.934. The molecule has 2 N–H and O–H groups in total. The number of nitrogens with one attached hydrogen (secondary N) is 1. The van der Waals surface area contributed by atoms with Gasteiger partial charge in [0, 0.05) is 18.0 Å². The molecule has 0 spiro atoms. The van der Waals surface area contributed by atoms with Crippen LogP contribution in [0, 0.1) is 23.2 Å². The highest BCUT2D eigenvalue weighted by atomic mass is 16.3. The van der Waals surface area contributed by atoms with Gasteiger partial charge in [0.25, 0.3) is 0 Å². The maximum Gasteiger partial charge on any atom is 0.0690 e. The maximum absolute atomic E-state index is 11.2. The Balaban J connectivity index is 2.28. The summed E-state index contributed by atoms with van der Waals surface area (Å²) in [4.78, 5) is 0. The Morgan fingerprint density at radius 1 is 1.10 bits per heavy atom. The molecule has 2 fully saturated rings. The Morgan fingerprint density at radius 2 is 1.65 bits per heavy atom.